The number of ether oxygens (including phenoxy) is 2. The molecule has 2 unspecified atom stereocenters. The molecule has 28 heavy (non-hydrogen) atoms. The summed E-state index contributed by atoms with van der Waals surface area (Å²) in [6.45, 7) is 7.73. The Morgan fingerprint density at radius 2 is 1.71 bits per heavy atom. The highest BCUT2D eigenvalue weighted by molar-refractivity contribution is 5.74. The van der Waals surface area contributed by atoms with Crippen molar-refractivity contribution in [3.63, 3.8) is 0 Å². The van der Waals surface area contributed by atoms with E-state index in [1.807, 2.05) is 30.3 Å². The lowest BCUT2D eigenvalue weighted by atomic mass is 9.99. The molecule has 1 saturated heterocycles. The fraction of sp³-hybridized carbons (Fsp3) is 0.550. The van der Waals surface area contributed by atoms with Crippen LogP contribution in [0.1, 0.15) is 39.7 Å². The van der Waals surface area contributed by atoms with Crippen LogP contribution in [0.2, 0.25) is 0 Å². The van der Waals surface area contributed by atoms with E-state index < -0.39 is 23.8 Å². The quantitative estimate of drug-likeness (QED) is 0.822. The molecule has 0 radical (unpaired) electrons. The van der Waals surface area contributed by atoms with Gasteiger partial charge in [0.1, 0.15) is 12.2 Å². The first kappa shape index (κ1) is 21.5. The summed E-state index contributed by atoms with van der Waals surface area (Å²) in [6, 6.07) is 8.52. The number of hydrogen-bond donors (Lipinski definition) is 2. The van der Waals surface area contributed by atoms with E-state index in [2.05, 4.69) is 10.6 Å². The number of benzene rings is 1. The second-order valence-electron chi connectivity index (χ2n) is 7.82. The van der Waals surface area contributed by atoms with Crippen LogP contribution >= 0.6 is 0 Å². The highest BCUT2D eigenvalue weighted by Gasteiger charge is 2.34. The van der Waals surface area contributed by atoms with E-state index in [-0.39, 0.29) is 25.1 Å². The summed E-state index contributed by atoms with van der Waals surface area (Å²) in [4.78, 5) is 37.7. The minimum absolute atomic E-state index is 0.0823. The lowest BCUT2D eigenvalue weighted by Crippen LogP contribution is -2.61. The van der Waals surface area contributed by atoms with Crippen molar-refractivity contribution in [2.45, 2.75) is 58.4 Å². The molecule has 0 saturated carbocycles. The van der Waals surface area contributed by atoms with Crippen LogP contribution in [0.4, 0.5) is 9.59 Å². The van der Waals surface area contributed by atoms with E-state index in [9.17, 15) is 14.4 Å². The zero-order chi connectivity index (χ0) is 20.7. The second kappa shape index (κ2) is 9.43. The molecule has 0 aliphatic carbocycles. The average Bonchev–Trinajstić information content (AvgIpc) is 2.60. The summed E-state index contributed by atoms with van der Waals surface area (Å²) in [7, 11) is 0. The van der Waals surface area contributed by atoms with E-state index in [4.69, 9.17) is 9.47 Å². The number of piperidine rings is 1. The van der Waals surface area contributed by atoms with Crippen LogP contribution in [0.3, 0.4) is 0 Å². The Labute approximate surface area is 165 Å². The van der Waals surface area contributed by atoms with Crippen LogP contribution in [-0.2, 0) is 20.9 Å². The van der Waals surface area contributed by atoms with Crippen molar-refractivity contribution in [1.29, 1.82) is 0 Å². The van der Waals surface area contributed by atoms with Crippen molar-refractivity contribution in [3.05, 3.63) is 35.9 Å². The van der Waals surface area contributed by atoms with Crippen LogP contribution in [0.25, 0.3) is 0 Å². The van der Waals surface area contributed by atoms with Crippen molar-refractivity contribution in [1.82, 2.24) is 15.5 Å². The van der Waals surface area contributed by atoms with Crippen molar-refractivity contribution < 1.29 is 23.9 Å². The molecule has 2 N–H and O–H groups in total. The first-order valence-electron chi connectivity index (χ1n) is 9.36. The number of nitrogens with one attached hydrogen (secondary N) is 2. The molecule has 2 rings (SSSR count). The molecule has 2 atom stereocenters. The fourth-order valence-corrected chi connectivity index (χ4v) is 2.93. The normalized spacial score (nSPS) is 19.5. The van der Waals surface area contributed by atoms with Gasteiger partial charge in [-0.15, -0.1) is 0 Å². The molecule has 0 spiro atoms. The molecule has 1 heterocycles. The Hall–Kier alpha value is -2.77. The Kier molecular flexibility index (Phi) is 7.25. The average molecular weight is 391 g/mol. The minimum atomic E-state index is -0.642. The summed E-state index contributed by atoms with van der Waals surface area (Å²) in [6.07, 6.45) is -0.658. The molecule has 0 aromatic heterocycles. The first-order valence-corrected chi connectivity index (χ1v) is 9.36. The molecule has 1 aromatic carbocycles. The summed E-state index contributed by atoms with van der Waals surface area (Å²) in [5.41, 5.74) is 0.240. The van der Waals surface area contributed by atoms with Crippen LogP contribution in [0, 0.1) is 0 Å². The smallest absolute Gasteiger partial charge is 0.408 e. The molecule has 1 fully saturated rings. The summed E-state index contributed by atoms with van der Waals surface area (Å²) in [5, 5.41) is 5.56. The number of alkyl carbamates (subject to hydrolysis) is 2. The fourth-order valence-electron chi connectivity index (χ4n) is 2.93. The largest absolute Gasteiger partial charge is 0.445 e. The maximum Gasteiger partial charge on any atom is 0.408 e. The minimum Gasteiger partial charge on any atom is -0.445 e. The number of hydrogen-bond acceptors (Lipinski definition) is 5. The number of likely N-dealkylation sites (tertiary alicyclic amines) is 1. The van der Waals surface area contributed by atoms with E-state index in [0.29, 0.717) is 13.0 Å². The number of rotatable bonds is 4. The molecular formula is C20H29N3O5. The van der Waals surface area contributed by atoms with E-state index in [1.165, 1.54) is 6.92 Å². The van der Waals surface area contributed by atoms with Crippen LogP contribution < -0.4 is 10.6 Å². The van der Waals surface area contributed by atoms with Gasteiger partial charge in [0.2, 0.25) is 5.91 Å². The van der Waals surface area contributed by atoms with Gasteiger partial charge in [0.05, 0.1) is 12.1 Å². The summed E-state index contributed by atoms with van der Waals surface area (Å²) >= 11 is 0. The van der Waals surface area contributed by atoms with Gasteiger partial charge < -0.3 is 25.0 Å². The standard InChI is InChI=1S/C20H29N3O5/c1-14(24)23-11-10-16(17(12-23)22-19(26)28-20(2,3)4)21-18(25)27-13-15-8-6-5-7-9-15/h5-9,16-17H,10-13H2,1-4H3,(H,21,25)(H,22,26). The lowest BCUT2D eigenvalue weighted by molar-refractivity contribution is -0.130. The molecule has 8 heteroatoms. The van der Waals surface area contributed by atoms with Gasteiger partial charge in [-0.3, -0.25) is 4.79 Å². The van der Waals surface area contributed by atoms with Crippen molar-refractivity contribution >= 4 is 18.1 Å². The SMILES string of the molecule is CC(=O)N1CCC(NC(=O)OCc2ccccc2)C(NC(=O)OC(C)(C)C)C1. The Morgan fingerprint density at radius 3 is 2.32 bits per heavy atom. The molecule has 154 valence electrons. The summed E-state index contributed by atoms with van der Waals surface area (Å²) < 4.78 is 10.6. The Balaban J connectivity index is 1.95. The van der Waals surface area contributed by atoms with Crippen molar-refractivity contribution in [2.24, 2.45) is 0 Å². The van der Waals surface area contributed by atoms with Gasteiger partial charge in [0, 0.05) is 20.0 Å². The third-order valence-electron chi connectivity index (χ3n) is 4.28. The highest BCUT2D eigenvalue weighted by Crippen LogP contribution is 2.14. The highest BCUT2D eigenvalue weighted by atomic mass is 16.6. The van der Waals surface area contributed by atoms with Crippen LogP contribution in [0.5, 0.6) is 0 Å². The zero-order valence-electron chi connectivity index (χ0n) is 16.9. The van der Waals surface area contributed by atoms with E-state index >= 15 is 0 Å². The monoisotopic (exact) mass is 391 g/mol. The van der Waals surface area contributed by atoms with Crippen LogP contribution in [-0.4, -0.2) is 53.8 Å². The number of carbonyl (C=O) groups excluding carboxylic acids is 3. The van der Waals surface area contributed by atoms with Gasteiger partial charge in [0.15, 0.2) is 0 Å². The molecule has 8 nitrogen and oxygen atoms in total. The van der Waals surface area contributed by atoms with Gasteiger partial charge >= 0.3 is 12.2 Å². The van der Waals surface area contributed by atoms with Gasteiger partial charge in [0.25, 0.3) is 0 Å². The Bertz CT molecular complexity index is 687. The summed E-state index contributed by atoms with van der Waals surface area (Å²) in [5.74, 6) is -0.0823. The van der Waals surface area contributed by atoms with E-state index in [1.54, 1.807) is 25.7 Å². The zero-order valence-corrected chi connectivity index (χ0v) is 16.9. The lowest BCUT2D eigenvalue weighted by Gasteiger charge is -2.38. The first-order chi connectivity index (χ1) is 13.1. The number of amides is 3. The molecule has 0 bridgehead atoms. The topological polar surface area (TPSA) is 97.0 Å². The maximum absolute atomic E-state index is 12.2. The predicted octanol–water partition coefficient (Wildman–Crippen LogP) is 2.43. The van der Waals surface area contributed by atoms with Crippen LogP contribution in [0.15, 0.2) is 30.3 Å². The third kappa shape index (κ3) is 7.09. The van der Waals surface area contributed by atoms with E-state index in [0.717, 1.165) is 5.56 Å². The molecule has 1 aliphatic rings. The van der Waals surface area contributed by atoms with Gasteiger partial charge in [-0.2, -0.15) is 0 Å². The molecule has 1 aliphatic heterocycles. The van der Waals surface area contributed by atoms with Gasteiger partial charge in [-0.25, -0.2) is 9.59 Å². The van der Waals surface area contributed by atoms with Crippen molar-refractivity contribution in [3.8, 4) is 0 Å². The Morgan fingerprint density at radius 1 is 1.07 bits per heavy atom. The maximum atomic E-state index is 12.2. The number of nitrogens with zero attached hydrogens (tertiary/aromatic N) is 1. The molecule has 3 amide bonds. The molecule has 1 aromatic rings. The van der Waals surface area contributed by atoms with Gasteiger partial charge in [-0.1, -0.05) is 30.3 Å². The predicted molar refractivity (Wildman–Crippen MR) is 104 cm³/mol. The second-order valence-corrected chi connectivity index (χ2v) is 7.82. The molecular weight excluding hydrogens is 362 g/mol. The van der Waals surface area contributed by atoms with Crippen molar-refractivity contribution in [2.75, 3.05) is 13.1 Å². The van der Waals surface area contributed by atoms with Gasteiger partial charge in [-0.05, 0) is 32.8 Å². The third-order valence-corrected chi connectivity index (χ3v) is 4.28. The number of carbonyl (C=O) groups is 3.